The lowest BCUT2D eigenvalue weighted by Gasteiger charge is -2.17. The molecule has 1 N–H and O–H groups in total. The Bertz CT molecular complexity index is 386. The molecule has 1 aromatic rings. The van der Waals surface area contributed by atoms with Crippen molar-refractivity contribution in [2.45, 2.75) is 26.3 Å². The van der Waals surface area contributed by atoms with E-state index in [-0.39, 0.29) is 11.9 Å². The Labute approximate surface area is 101 Å². The molecule has 0 heterocycles. The summed E-state index contributed by atoms with van der Waals surface area (Å²) in [5.74, 6) is 5.42. The fourth-order valence-corrected chi connectivity index (χ4v) is 1.85. The maximum atomic E-state index is 13.6. The predicted octanol–water partition coefficient (Wildman–Crippen LogP) is 3.54. The topological polar surface area (TPSA) is 12.0 Å². The van der Waals surface area contributed by atoms with Gasteiger partial charge in [-0.05, 0) is 25.5 Å². The molecule has 0 aromatic heterocycles. The van der Waals surface area contributed by atoms with Crippen molar-refractivity contribution in [1.29, 1.82) is 0 Å². The summed E-state index contributed by atoms with van der Waals surface area (Å²) in [6.07, 6.45) is 0.770. The molecule has 0 saturated carbocycles. The van der Waals surface area contributed by atoms with E-state index in [0.717, 1.165) is 6.42 Å². The molecule has 1 atom stereocenters. The lowest BCUT2D eigenvalue weighted by molar-refractivity contribution is 0.513. The number of rotatable bonds is 4. The molecule has 0 fully saturated rings. The molecule has 16 heavy (non-hydrogen) atoms. The number of nitrogens with one attached hydrogen (secondary N) is 1. The first-order chi connectivity index (χ1) is 7.70. The van der Waals surface area contributed by atoms with Gasteiger partial charge in [0.05, 0.1) is 6.54 Å². The van der Waals surface area contributed by atoms with E-state index in [0.29, 0.717) is 17.1 Å². The van der Waals surface area contributed by atoms with Gasteiger partial charge in [0.25, 0.3) is 0 Å². The summed E-state index contributed by atoms with van der Waals surface area (Å²) in [6.45, 7) is 4.30. The van der Waals surface area contributed by atoms with Gasteiger partial charge in [0.2, 0.25) is 0 Å². The van der Waals surface area contributed by atoms with Crippen LogP contribution < -0.4 is 5.32 Å². The van der Waals surface area contributed by atoms with Gasteiger partial charge in [-0.2, -0.15) is 0 Å². The molecule has 1 unspecified atom stereocenters. The van der Waals surface area contributed by atoms with Gasteiger partial charge >= 0.3 is 0 Å². The van der Waals surface area contributed by atoms with Gasteiger partial charge in [0.1, 0.15) is 5.82 Å². The molecule has 1 aromatic carbocycles. The van der Waals surface area contributed by atoms with Crippen LogP contribution in [0.25, 0.3) is 0 Å². The Morgan fingerprint density at radius 3 is 2.81 bits per heavy atom. The summed E-state index contributed by atoms with van der Waals surface area (Å²) in [4.78, 5) is 0. The van der Waals surface area contributed by atoms with E-state index in [9.17, 15) is 4.39 Å². The van der Waals surface area contributed by atoms with Gasteiger partial charge in [-0.15, -0.1) is 5.92 Å². The fourth-order valence-electron chi connectivity index (χ4n) is 1.56. The third-order valence-corrected chi connectivity index (χ3v) is 2.70. The highest BCUT2D eigenvalue weighted by atomic mass is 35.5. The minimum Gasteiger partial charge on any atom is -0.299 e. The molecule has 3 heteroatoms. The predicted molar refractivity (Wildman–Crippen MR) is 65.9 cm³/mol. The molecule has 0 radical (unpaired) electrons. The van der Waals surface area contributed by atoms with Crippen LogP contribution in [0.5, 0.6) is 0 Å². The van der Waals surface area contributed by atoms with E-state index >= 15 is 0 Å². The maximum absolute atomic E-state index is 13.6. The lowest BCUT2D eigenvalue weighted by atomic mass is 10.0. The van der Waals surface area contributed by atoms with Crippen LogP contribution in [0.2, 0.25) is 5.02 Å². The molecule has 0 aliphatic rings. The Kier molecular flexibility index (Phi) is 5.31. The number of hydrogen-bond donors (Lipinski definition) is 1. The molecule has 0 bridgehead atoms. The van der Waals surface area contributed by atoms with Crippen LogP contribution in [0, 0.1) is 17.7 Å². The molecule has 1 nitrogen and oxygen atoms in total. The molecule has 0 amide bonds. The van der Waals surface area contributed by atoms with Gasteiger partial charge < -0.3 is 0 Å². The van der Waals surface area contributed by atoms with Crippen LogP contribution in [-0.4, -0.2) is 6.54 Å². The minimum absolute atomic E-state index is 0.0884. The van der Waals surface area contributed by atoms with E-state index in [1.54, 1.807) is 19.1 Å². The number of hydrogen-bond acceptors (Lipinski definition) is 1. The second kappa shape index (κ2) is 6.52. The van der Waals surface area contributed by atoms with Crippen molar-refractivity contribution in [2.75, 3.05) is 6.54 Å². The van der Waals surface area contributed by atoms with Gasteiger partial charge in [0.15, 0.2) is 0 Å². The average molecular weight is 240 g/mol. The average Bonchev–Trinajstić information content (AvgIpc) is 2.26. The van der Waals surface area contributed by atoms with E-state index in [2.05, 4.69) is 17.2 Å². The summed E-state index contributed by atoms with van der Waals surface area (Å²) < 4.78 is 13.6. The van der Waals surface area contributed by atoms with Gasteiger partial charge in [0, 0.05) is 16.6 Å². The normalized spacial score (nSPS) is 11.8. The maximum Gasteiger partial charge on any atom is 0.129 e. The highest BCUT2D eigenvalue weighted by Crippen LogP contribution is 2.27. The SMILES string of the molecule is CC#CCNC(CC)c1c(F)cccc1Cl. The monoisotopic (exact) mass is 239 g/mol. The number of halogens is 2. The van der Waals surface area contributed by atoms with Crippen LogP contribution in [0.15, 0.2) is 18.2 Å². The zero-order chi connectivity index (χ0) is 12.0. The summed E-state index contributed by atoms with van der Waals surface area (Å²) in [7, 11) is 0. The zero-order valence-corrected chi connectivity index (χ0v) is 10.2. The molecule has 0 spiro atoms. The van der Waals surface area contributed by atoms with E-state index in [1.807, 2.05) is 6.92 Å². The van der Waals surface area contributed by atoms with E-state index in [1.165, 1.54) is 6.07 Å². The Morgan fingerprint density at radius 1 is 1.50 bits per heavy atom. The van der Waals surface area contributed by atoms with Crippen molar-refractivity contribution in [3.63, 3.8) is 0 Å². The summed E-state index contributed by atoms with van der Waals surface area (Å²) in [5, 5.41) is 3.63. The van der Waals surface area contributed by atoms with Crippen molar-refractivity contribution in [3.8, 4) is 11.8 Å². The van der Waals surface area contributed by atoms with E-state index < -0.39 is 0 Å². The van der Waals surface area contributed by atoms with Crippen molar-refractivity contribution in [2.24, 2.45) is 0 Å². The van der Waals surface area contributed by atoms with Crippen LogP contribution in [0.4, 0.5) is 4.39 Å². The first-order valence-electron chi connectivity index (χ1n) is 5.27. The zero-order valence-electron chi connectivity index (χ0n) is 9.48. The summed E-state index contributed by atoms with van der Waals surface area (Å²) in [5.41, 5.74) is 0.532. The van der Waals surface area contributed by atoms with Crippen molar-refractivity contribution >= 4 is 11.6 Å². The number of benzene rings is 1. The smallest absolute Gasteiger partial charge is 0.129 e. The Hall–Kier alpha value is -1.04. The second-order valence-corrected chi connectivity index (χ2v) is 3.81. The molecular weight excluding hydrogens is 225 g/mol. The lowest BCUT2D eigenvalue weighted by Crippen LogP contribution is -2.22. The third-order valence-electron chi connectivity index (χ3n) is 2.37. The molecule has 1 rings (SSSR count). The quantitative estimate of drug-likeness (QED) is 0.793. The van der Waals surface area contributed by atoms with Gasteiger partial charge in [-0.25, -0.2) is 4.39 Å². The van der Waals surface area contributed by atoms with Gasteiger partial charge in [-0.3, -0.25) is 5.32 Å². The highest BCUT2D eigenvalue weighted by molar-refractivity contribution is 6.31. The van der Waals surface area contributed by atoms with Crippen LogP contribution >= 0.6 is 11.6 Å². The third kappa shape index (κ3) is 3.23. The fraction of sp³-hybridized carbons (Fsp3) is 0.385. The van der Waals surface area contributed by atoms with Crippen LogP contribution in [0.3, 0.4) is 0 Å². The van der Waals surface area contributed by atoms with Crippen molar-refractivity contribution in [3.05, 3.63) is 34.6 Å². The van der Waals surface area contributed by atoms with Crippen LogP contribution in [-0.2, 0) is 0 Å². The molecular formula is C13H15ClFN. The van der Waals surface area contributed by atoms with E-state index in [4.69, 9.17) is 11.6 Å². The molecule has 0 aliphatic heterocycles. The largest absolute Gasteiger partial charge is 0.299 e. The molecule has 0 aliphatic carbocycles. The molecule has 86 valence electrons. The van der Waals surface area contributed by atoms with Crippen LogP contribution in [0.1, 0.15) is 31.9 Å². The second-order valence-electron chi connectivity index (χ2n) is 3.40. The first kappa shape index (κ1) is 13.0. The summed E-state index contributed by atoms with van der Waals surface area (Å²) >= 11 is 6.00. The molecule has 0 saturated heterocycles. The minimum atomic E-state index is -0.267. The summed E-state index contributed by atoms with van der Waals surface area (Å²) in [6, 6.07) is 4.65. The van der Waals surface area contributed by atoms with Crippen molar-refractivity contribution < 1.29 is 4.39 Å². The van der Waals surface area contributed by atoms with Crippen molar-refractivity contribution in [1.82, 2.24) is 5.32 Å². The highest BCUT2D eigenvalue weighted by Gasteiger charge is 2.16. The standard InChI is InChI=1S/C13H15ClFN/c1-3-5-9-16-12(4-2)13-10(14)7-6-8-11(13)15/h6-8,12,16H,4,9H2,1-2H3. The Morgan fingerprint density at radius 2 is 2.25 bits per heavy atom. The van der Waals surface area contributed by atoms with Gasteiger partial charge in [-0.1, -0.05) is 30.5 Å². The Balaban J connectivity index is 2.88. The first-order valence-corrected chi connectivity index (χ1v) is 5.65.